The van der Waals surface area contributed by atoms with Crippen molar-refractivity contribution in [3.63, 3.8) is 0 Å². The average molecular weight is 215 g/mol. The number of alkyl halides is 3. The molecule has 0 spiro atoms. The fourth-order valence-electron chi connectivity index (χ4n) is 1.09. The van der Waals surface area contributed by atoms with Crippen LogP contribution in [-0.2, 0) is 0 Å². The molecule has 0 heterocycles. The molecule has 6 heteroatoms. The molecule has 0 fully saturated rings. The molecule has 0 aliphatic carbocycles. The quantitative estimate of drug-likeness (QED) is 0.700. The molecular formula is C9H8F3N3. The Bertz CT molecular complexity index is 406. The van der Waals surface area contributed by atoms with Crippen molar-refractivity contribution in [2.24, 2.45) is 5.73 Å². The van der Waals surface area contributed by atoms with Crippen LogP contribution in [0, 0.1) is 11.3 Å². The molecular weight excluding hydrogens is 207 g/mol. The van der Waals surface area contributed by atoms with Crippen molar-refractivity contribution in [2.75, 3.05) is 5.73 Å². The van der Waals surface area contributed by atoms with Gasteiger partial charge in [-0.1, -0.05) is 0 Å². The zero-order valence-electron chi connectivity index (χ0n) is 7.55. The molecule has 0 bridgehead atoms. The summed E-state index contributed by atoms with van der Waals surface area (Å²) in [7, 11) is 0. The number of hydrogen-bond donors (Lipinski definition) is 2. The van der Waals surface area contributed by atoms with Crippen LogP contribution in [0.5, 0.6) is 0 Å². The van der Waals surface area contributed by atoms with Gasteiger partial charge in [-0.05, 0) is 18.2 Å². The first-order valence-corrected chi connectivity index (χ1v) is 3.98. The first kappa shape index (κ1) is 11.3. The van der Waals surface area contributed by atoms with E-state index in [-0.39, 0.29) is 16.8 Å². The SMILES string of the molecule is N#Cc1ccc(N)c([C@H](N)C(F)(F)F)c1. The molecule has 1 aromatic rings. The summed E-state index contributed by atoms with van der Waals surface area (Å²) in [6.45, 7) is 0. The summed E-state index contributed by atoms with van der Waals surface area (Å²) in [6, 6.07) is 3.18. The van der Waals surface area contributed by atoms with E-state index in [1.807, 2.05) is 0 Å². The van der Waals surface area contributed by atoms with Crippen molar-refractivity contribution >= 4 is 5.69 Å². The molecule has 0 saturated heterocycles. The molecule has 1 aromatic carbocycles. The molecule has 1 rings (SSSR count). The topological polar surface area (TPSA) is 75.8 Å². The number of hydrogen-bond acceptors (Lipinski definition) is 3. The van der Waals surface area contributed by atoms with Crippen molar-refractivity contribution in [3.8, 4) is 6.07 Å². The van der Waals surface area contributed by atoms with Crippen LogP contribution in [0.1, 0.15) is 17.2 Å². The van der Waals surface area contributed by atoms with E-state index in [0.29, 0.717) is 0 Å². The van der Waals surface area contributed by atoms with Crippen LogP contribution >= 0.6 is 0 Å². The Hall–Kier alpha value is -1.74. The predicted molar refractivity (Wildman–Crippen MR) is 48.6 cm³/mol. The molecule has 80 valence electrons. The molecule has 0 saturated carbocycles. The van der Waals surface area contributed by atoms with E-state index in [2.05, 4.69) is 0 Å². The fraction of sp³-hybridized carbons (Fsp3) is 0.222. The summed E-state index contributed by atoms with van der Waals surface area (Å²) in [4.78, 5) is 0. The molecule has 4 N–H and O–H groups in total. The average Bonchev–Trinajstić information content (AvgIpc) is 2.16. The lowest BCUT2D eigenvalue weighted by Gasteiger charge is -2.17. The summed E-state index contributed by atoms with van der Waals surface area (Å²) in [5.74, 6) is 0. The minimum atomic E-state index is -4.57. The monoisotopic (exact) mass is 215 g/mol. The molecule has 15 heavy (non-hydrogen) atoms. The van der Waals surface area contributed by atoms with Gasteiger partial charge in [0.1, 0.15) is 6.04 Å². The van der Waals surface area contributed by atoms with Crippen LogP contribution in [0.3, 0.4) is 0 Å². The van der Waals surface area contributed by atoms with Gasteiger partial charge < -0.3 is 11.5 Å². The third kappa shape index (κ3) is 2.39. The van der Waals surface area contributed by atoms with E-state index in [0.717, 1.165) is 6.07 Å². The summed E-state index contributed by atoms with van der Waals surface area (Å²) in [5.41, 5.74) is 10.1. The first-order chi connectivity index (χ1) is 6.86. The highest BCUT2D eigenvalue weighted by molar-refractivity contribution is 5.52. The minimum Gasteiger partial charge on any atom is -0.398 e. The second-order valence-corrected chi connectivity index (χ2v) is 2.97. The predicted octanol–water partition coefficient (Wildman–Crippen LogP) is 1.70. The van der Waals surface area contributed by atoms with Gasteiger partial charge in [-0.2, -0.15) is 18.4 Å². The van der Waals surface area contributed by atoms with Gasteiger partial charge in [-0.25, -0.2) is 0 Å². The van der Waals surface area contributed by atoms with Crippen molar-refractivity contribution in [1.82, 2.24) is 0 Å². The standard InChI is InChI=1S/C9H8F3N3/c10-9(11,12)8(15)6-3-5(4-13)1-2-7(6)14/h1-3,8H,14-15H2/t8-/m0/s1. The number of rotatable bonds is 1. The van der Waals surface area contributed by atoms with Crippen LogP contribution in [0.25, 0.3) is 0 Å². The number of halogens is 3. The van der Waals surface area contributed by atoms with Crippen molar-refractivity contribution < 1.29 is 13.2 Å². The van der Waals surface area contributed by atoms with Gasteiger partial charge in [-0.15, -0.1) is 0 Å². The van der Waals surface area contributed by atoms with Gasteiger partial charge in [0.05, 0.1) is 11.6 Å². The molecule has 0 amide bonds. The lowest BCUT2D eigenvalue weighted by molar-refractivity contribution is -0.149. The highest BCUT2D eigenvalue weighted by atomic mass is 19.4. The Labute approximate surface area is 84.1 Å². The van der Waals surface area contributed by atoms with E-state index in [1.165, 1.54) is 12.1 Å². The maximum Gasteiger partial charge on any atom is 0.407 e. The Kier molecular flexibility index (Phi) is 2.86. The van der Waals surface area contributed by atoms with Crippen LogP contribution in [0.2, 0.25) is 0 Å². The summed E-state index contributed by atoms with van der Waals surface area (Å²) < 4.78 is 36.9. The van der Waals surface area contributed by atoms with Crippen molar-refractivity contribution in [3.05, 3.63) is 29.3 Å². The first-order valence-electron chi connectivity index (χ1n) is 3.98. The van der Waals surface area contributed by atoms with E-state index >= 15 is 0 Å². The van der Waals surface area contributed by atoms with E-state index < -0.39 is 12.2 Å². The zero-order valence-corrected chi connectivity index (χ0v) is 7.55. The second kappa shape index (κ2) is 3.79. The van der Waals surface area contributed by atoms with Gasteiger partial charge in [0.2, 0.25) is 0 Å². The normalized spacial score (nSPS) is 13.3. The number of nitrogen functional groups attached to an aromatic ring is 1. The molecule has 0 aliphatic rings. The number of benzene rings is 1. The van der Waals surface area contributed by atoms with Crippen molar-refractivity contribution in [2.45, 2.75) is 12.2 Å². The smallest absolute Gasteiger partial charge is 0.398 e. The summed E-state index contributed by atoms with van der Waals surface area (Å²) >= 11 is 0. The minimum absolute atomic E-state index is 0.0705. The van der Waals surface area contributed by atoms with E-state index in [4.69, 9.17) is 16.7 Å². The van der Waals surface area contributed by atoms with Crippen LogP contribution in [-0.4, -0.2) is 6.18 Å². The van der Waals surface area contributed by atoms with E-state index in [9.17, 15) is 13.2 Å². The Morgan fingerprint density at radius 2 is 1.93 bits per heavy atom. The molecule has 1 atom stereocenters. The van der Waals surface area contributed by atoms with Crippen LogP contribution in [0.4, 0.5) is 18.9 Å². The maximum atomic E-state index is 12.3. The van der Waals surface area contributed by atoms with Gasteiger partial charge >= 0.3 is 6.18 Å². The van der Waals surface area contributed by atoms with Gasteiger partial charge in [-0.3, -0.25) is 0 Å². The Morgan fingerprint density at radius 3 is 2.40 bits per heavy atom. The zero-order chi connectivity index (χ0) is 11.6. The van der Waals surface area contributed by atoms with Gasteiger partial charge in [0.15, 0.2) is 0 Å². The maximum absolute atomic E-state index is 12.3. The van der Waals surface area contributed by atoms with Gasteiger partial charge in [0, 0.05) is 11.3 Å². The largest absolute Gasteiger partial charge is 0.407 e. The van der Waals surface area contributed by atoms with Crippen molar-refractivity contribution in [1.29, 1.82) is 5.26 Å². The third-order valence-corrected chi connectivity index (χ3v) is 1.90. The lowest BCUT2D eigenvalue weighted by Crippen LogP contribution is -2.29. The molecule has 0 unspecified atom stereocenters. The number of nitriles is 1. The number of nitrogens with two attached hydrogens (primary N) is 2. The number of nitrogens with zero attached hydrogens (tertiary/aromatic N) is 1. The Morgan fingerprint density at radius 1 is 1.33 bits per heavy atom. The second-order valence-electron chi connectivity index (χ2n) is 2.97. The summed E-state index contributed by atoms with van der Waals surface area (Å²) in [6.07, 6.45) is -4.57. The highest BCUT2D eigenvalue weighted by Gasteiger charge is 2.38. The lowest BCUT2D eigenvalue weighted by atomic mass is 10.0. The molecule has 0 aliphatic heterocycles. The van der Waals surface area contributed by atoms with Gasteiger partial charge in [0.25, 0.3) is 0 Å². The third-order valence-electron chi connectivity index (χ3n) is 1.90. The van der Waals surface area contributed by atoms with Crippen LogP contribution < -0.4 is 11.5 Å². The Balaban J connectivity index is 3.20. The fourth-order valence-corrected chi connectivity index (χ4v) is 1.09. The molecule has 3 nitrogen and oxygen atoms in total. The number of anilines is 1. The van der Waals surface area contributed by atoms with E-state index in [1.54, 1.807) is 6.07 Å². The molecule has 0 aromatic heterocycles. The summed E-state index contributed by atoms with van der Waals surface area (Å²) in [5, 5.41) is 8.52. The molecule has 0 radical (unpaired) electrons. The van der Waals surface area contributed by atoms with Crippen LogP contribution in [0.15, 0.2) is 18.2 Å². The highest BCUT2D eigenvalue weighted by Crippen LogP contribution is 2.33.